The highest BCUT2D eigenvalue weighted by molar-refractivity contribution is 5.13. The first kappa shape index (κ1) is 15.0. The van der Waals surface area contributed by atoms with Crippen LogP contribution >= 0.6 is 0 Å². The van der Waals surface area contributed by atoms with E-state index in [0.717, 1.165) is 26.4 Å². The number of hydrogen-bond acceptors (Lipinski definition) is 3. The van der Waals surface area contributed by atoms with Crippen molar-refractivity contribution in [1.82, 2.24) is 4.90 Å². The van der Waals surface area contributed by atoms with Crippen LogP contribution in [-0.4, -0.2) is 43.9 Å². The van der Waals surface area contributed by atoms with E-state index in [4.69, 9.17) is 9.47 Å². The fourth-order valence-electron chi connectivity index (χ4n) is 3.37. The molecule has 0 unspecified atom stereocenters. The molecule has 3 nitrogen and oxygen atoms in total. The number of rotatable bonds is 6. The average molecular weight is 289 g/mol. The number of ether oxygens (including phenoxy) is 2. The third kappa shape index (κ3) is 4.80. The fraction of sp³-hybridized carbons (Fsp3) is 0.667. The molecule has 2 saturated heterocycles. The monoisotopic (exact) mass is 289 g/mol. The molecule has 0 bridgehead atoms. The van der Waals surface area contributed by atoms with Gasteiger partial charge in [-0.25, -0.2) is 0 Å². The molecular weight excluding hydrogens is 262 g/mol. The van der Waals surface area contributed by atoms with Gasteiger partial charge >= 0.3 is 0 Å². The summed E-state index contributed by atoms with van der Waals surface area (Å²) in [5, 5.41) is 0. The summed E-state index contributed by atoms with van der Waals surface area (Å²) in [6.45, 7) is 6.09. The largest absolute Gasteiger partial charge is 0.377 e. The van der Waals surface area contributed by atoms with E-state index in [-0.39, 0.29) is 0 Å². The lowest BCUT2D eigenvalue weighted by Gasteiger charge is -2.27. The zero-order valence-corrected chi connectivity index (χ0v) is 12.9. The summed E-state index contributed by atoms with van der Waals surface area (Å²) >= 11 is 0. The molecule has 1 aromatic carbocycles. The normalized spacial score (nSPS) is 27.0. The molecule has 0 aromatic heterocycles. The number of nitrogens with zero attached hydrogens (tertiary/aromatic N) is 1. The molecule has 116 valence electrons. The maximum absolute atomic E-state index is 5.88. The lowest BCUT2D eigenvalue weighted by atomic mass is 10.1. The minimum Gasteiger partial charge on any atom is -0.377 e. The molecule has 1 aromatic rings. The Morgan fingerprint density at radius 2 is 2.05 bits per heavy atom. The van der Waals surface area contributed by atoms with Gasteiger partial charge in [0.05, 0.1) is 19.3 Å². The van der Waals surface area contributed by atoms with Gasteiger partial charge in [-0.3, -0.25) is 0 Å². The van der Waals surface area contributed by atoms with Gasteiger partial charge < -0.3 is 14.4 Å². The van der Waals surface area contributed by atoms with Crippen molar-refractivity contribution >= 4 is 0 Å². The zero-order valence-electron chi connectivity index (χ0n) is 12.9. The first-order valence-electron chi connectivity index (χ1n) is 8.36. The highest BCUT2D eigenvalue weighted by Gasteiger charge is 2.25. The molecule has 3 rings (SSSR count). The van der Waals surface area contributed by atoms with E-state index in [1.165, 1.54) is 44.3 Å². The molecule has 2 heterocycles. The van der Waals surface area contributed by atoms with Crippen LogP contribution in [0.15, 0.2) is 30.3 Å². The third-order valence-electron chi connectivity index (χ3n) is 4.57. The second kappa shape index (κ2) is 7.92. The van der Waals surface area contributed by atoms with Gasteiger partial charge in [-0.1, -0.05) is 30.3 Å². The minimum absolute atomic E-state index is 0.475. The topological polar surface area (TPSA) is 21.7 Å². The van der Waals surface area contributed by atoms with Gasteiger partial charge in [0, 0.05) is 19.7 Å². The van der Waals surface area contributed by atoms with Crippen molar-refractivity contribution in [2.24, 2.45) is 5.92 Å². The van der Waals surface area contributed by atoms with Crippen molar-refractivity contribution in [3.05, 3.63) is 35.9 Å². The molecule has 21 heavy (non-hydrogen) atoms. The number of likely N-dealkylation sites (tertiary alicyclic amines) is 1. The molecule has 2 aliphatic rings. The van der Waals surface area contributed by atoms with Gasteiger partial charge in [0.25, 0.3) is 0 Å². The molecule has 0 saturated carbocycles. The molecule has 2 aliphatic heterocycles. The molecule has 0 radical (unpaired) electrons. The van der Waals surface area contributed by atoms with E-state index >= 15 is 0 Å². The van der Waals surface area contributed by atoms with E-state index in [9.17, 15) is 0 Å². The first-order valence-corrected chi connectivity index (χ1v) is 8.36. The number of hydrogen-bond donors (Lipinski definition) is 0. The summed E-state index contributed by atoms with van der Waals surface area (Å²) in [6.07, 6.45) is 5.56. The lowest BCUT2D eigenvalue weighted by Crippen LogP contribution is -2.34. The molecule has 0 spiro atoms. The van der Waals surface area contributed by atoms with Gasteiger partial charge in [0.2, 0.25) is 0 Å². The molecule has 3 heteroatoms. The summed E-state index contributed by atoms with van der Waals surface area (Å²) in [6, 6.07) is 10.4. The van der Waals surface area contributed by atoms with Crippen LogP contribution in [0.2, 0.25) is 0 Å². The van der Waals surface area contributed by atoms with E-state index in [2.05, 4.69) is 29.2 Å². The van der Waals surface area contributed by atoms with Crippen molar-refractivity contribution in [3.63, 3.8) is 0 Å². The van der Waals surface area contributed by atoms with E-state index in [1.807, 2.05) is 6.07 Å². The molecule has 0 N–H and O–H groups in total. The summed E-state index contributed by atoms with van der Waals surface area (Å²) in [5.41, 5.74) is 1.27. The van der Waals surface area contributed by atoms with Gasteiger partial charge in [0.15, 0.2) is 0 Å². The molecule has 0 aliphatic carbocycles. The second-order valence-corrected chi connectivity index (χ2v) is 6.40. The summed E-state index contributed by atoms with van der Waals surface area (Å²) in [7, 11) is 0. The van der Waals surface area contributed by atoms with Crippen LogP contribution in [-0.2, 0) is 16.1 Å². The predicted octanol–water partition coefficient (Wildman–Crippen LogP) is 3.09. The van der Waals surface area contributed by atoms with Gasteiger partial charge in [-0.05, 0) is 43.7 Å². The van der Waals surface area contributed by atoms with Crippen molar-refractivity contribution in [3.8, 4) is 0 Å². The summed E-state index contributed by atoms with van der Waals surface area (Å²) < 4.78 is 11.7. The Labute approximate surface area is 128 Å². The van der Waals surface area contributed by atoms with Crippen LogP contribution in [0, 0.1) is 5.92 Å². The Morgan fingerprint density at radius 1 is 1.14 bits per heavy atom. The van der Waals surface area contributed by atoms with E-state index in [0.29, 0.717) is 12.0 Å². The first-order chi connectivity index (χ1) is 10.4. The summed E-state index contributed by atoms with van der Waals surface area (Å²) in [5.74, 6) is 0.692. The quantitative estimate of drug-likeness (QED) is 0.803. The maximum Gasteiger partial charge on any atom is 0.0717 e. The van der Waals surface area contributed by atoms with E-state index < -0.39 is 0 Å². The highest BCUT2D eigenvalue weighted by atomic mass is 16.5. The molecule has 2 fully saturated rings. The maximum atomic E-state index is 5.88. The Balaban J connectivity index is 1.33. The predicted molar refractivity (Wildman–Crippen MR) is 84.2 cm³/mol. The third-order valence-corrected chi connectivity index (χ3v) is 4.57. The Bertz CT molecular complexity index is 403. The SMILES string of the molecule is c1ccc(COC[C@H]2CCN(C[C@H]3CCCCO3)C2)cc1. The highest BCUT2D eigenvalue weighted by Crippen LogP contribution is 2.20. The smallest absolute Gasteiger partial charge is 0.0717 e. The minimum atomic E-state index is 0.475. The Morgan fingerprint density at radius 3 is 2.86 bits per heavy atom. The van der Waals surface area contributed by atoms with Crippen molar-refractivity contribution in [1.29, 1.82) is 0 Å². The van der Waals surface area contributed by atoms with Crippen molar-refractivity contribution < 1.29 is 9.47 Å². The van der Waals surface area contributed by atoms with Crippen LogP contribution in [0.5, 0.6) is 0 Å². The molecular formula is C18H27NO2. The molecule has 2 atom stereocenters. The van der Waals surface area contributed by atoms with Crippen LogP contribution in [0.1, 0.15) is 31.2 Å². The Kier molecular flexibility index (Phi) is 5.67. The van der Waals surface area contributed by atoms with Crippen LogP contribution in [0.4, 0.5) is 0 Å². The number of benzene rings is 1. The van der Waals surface area contributed by atoms with Gasteiger partial charge in [0.1, 0.15) is 0 Å². The van der Waals surface area contributed by atoms with Crippen molar-refractivity contribution in [2.45, 2.75) is 38.4 Å². The van der Waals surface area contributed by atoms with Crippen molar-refractivity contribution in [2.75, 3.05) is 32.8 Å². The standard InChI is InChI=1S/C18H27NO2/c1-2-6-16(7-3-1)14-20-15-17-9-10-19(12-17)13-18-8-4-5-11-21-18/h1-3,6-7,17-18H,4-5,8-15H2/t17-,18+/m0/s1. The van der Waals surface area contributed by atoms with E-state index in [1.54, 1.807) is 0 Å². The summed E-state index contributed by atoms with van der Waals surface area (Å²) in [4.78, 5) is 2.56. The zero-order chi connectivity index (χ0) is 14.3. The second-order valence-electron chi connectivity index (χ2n) is 6.40. The van der Waals surface area contributed by atoms with Gasteiger partial charge in [-0.15, -0.1) is 0 Å². The van der Waals surface area contributed by atoms with Crippen LogP contribution < -0.4 is 0 Å². The average Bonchev–Trinajstić information content (AvgIpc) is 2.97. The lowest BCUT2D eigenvalue weighted by molar-refractivity contribution is -0.00333. The molecule has 0 amide bonds. The van der Waals surface area contributed by atoms with Gasteiger partial charge in [-0.2, -0.15) is 0 Å². The van der Waals surface area contributed by atoms with Crippen LogP contribution in [0.25, 0.3) is 0 Å². The fourth-order valence-corrected chi connectivity index (χ4v) is 3.37. The Hall–Kier alpha value is -0.900. The van der Waals surface area contributed by atoms with Crippen LogP contribution in [0.3, 0.4) is 0 Å².